The van der Waals surface area contributed by atoms with Gasteiger partial charge in [0, 0.05) is 19.6 Å². The van der Waals surface area contributed by atoms with Crippen LogP contribution < -0.4 is 10.1 Å². The van der Waals surface area contributed by atoms with Crippen LogP contribution in [0.5, 0.6) is 5.88 Å². The summed E-state index contributed by atoms with van der Waals surface area (Å²) in [4.78, 5) is 8.68. The van der Waals surface area contributed by atoms with Gasteiger partial charge in [-0.25, -0.2) is 9.97 Å². The molecule has 156 valence electrons. The van der Waals surface area contributed by atoms with Gasteiger partial charge in [0.25, 0.3) is 0 Å². The number of aliphatic hydroxyl groups is 1. The molecule has 2 N–H and O–H groups in total. The molecule has 29 heavy (non-hydrogen) atoms. The van der Waals surface area contributed by atoms with Crippen molar-refractivity contribution < 1.29 is 14.6 Å². The second-order valence-electron chi connectivity index (χ2n) is 9.07. The lowest BCUT2D eigenvalue weighted by atomic mass is 9.69. The summed E-state index contributed by atoms with van der Waals surface area (Å²) in [6.07, 6.45) is 3.65. The number of aromatic nitrogens is 2. The molecule has 5 atom stereocenters. The zero-order valence-electron chi connectivity index (χ0n) is 17.6. The van der Waals surface area contributed by atoms with Crippen LogP contribution in [-0.4, -0.2) is 40.5 Å². The monoisotopic (exact) mass is 397 g/mol. The minimum Gasteiger partial charge on any atom is -0.474 e. The highest BCUT2D eigenvalue weighted by molar-refractivity contribution is 5.47. The molecule has 0 amide bonds. The summed E-state index contributed by atoms with van der Waals surface area (Å²) in [5.74, 6) is 1.50. The molecule has 0 saturated heterocycles. The van der Waals surface area contributed by atoms with Crippen molar-refractivity contribution in [2.24, 2.45) is 5.92 Å². The molecule has 0 bridgehead atoms. The first-order valence-corrected chi connectivity index (χ1v) is 10.4. The number of ether oxygens (including phenoxy) is 2. The molecule has 0 unspecified atom stereocenters. The van der Waals surface area contributed by atoms with Crippen molar-refractivity contribution >= 4 is 5.82 Å². The maximum absolute atomic E-state index is 9.97. The van der Waals surface area contributed by atoms with E-state index in [1.165, 1.54) is 17.5 Å². The van der Waals surface area contributed by atoms with Gasteiger partial charge in [-0.05, 0) is 35.3 Å². The number of hydrogen-bond acceptors (Lipinski definition) is 6. The van der Waals surface area contributed by atoms with Crippen LogP contribution in [0.1, 0.15) is 57.2 Å². The number of aliphatic hydroxyl groups excluding tert-OH is 1. The third-order valence-corrected chi connectivity index (χ3v) is 6.44. The molecular weight excluding hydrogens is 366 g/mol. The van der Waals surface area contributed by atoms with E-state index < -0.39 is 0 Å². The molecule has 1 aromatic heterocycles. The van der Waals surface area contributed by atoms with Crippen LogP contribution in [0, 0.1) is 5.92 Å². The predicted octanol–water partition coefficient (Wildman–Crippen LogP) is 3.86. The maximum atomic E-state index is 9.97. The summed E-state index contributed by atoms with van der Waals surface area (Å²) in [7, 11) is 1.77. The number of anilines is 1. The lowest BCUT2D eigenvalue weighted by Crippen LogP contribution is -2.40. The fraction of sp³-hybridized carbons (Fsp3) is 0.565. The van der Waals surface area contributed by atoms with Gasteiger partial charge in [0.05, 0.1) is 18.2 Å². The number of nitrogens with zero attached hydrogens (tertiary/aromatic N) is 2. The van der Waals surface area contributed by atoms with Crippen molar-refractivity contribution in [1.82, 2.24) is 9.97 Å². The summed E-state index contributed by atoms with van der Waals surface area (Å²) in [6, 6.07) is 10.4. The van der Waals surface area contributed by atoms with E-state index in [1.54, 1.807) is 7.11 Å². The molecule has 6 nitrogen and oxygen atoms in total. The third-order valence-electron chi connectivity index (χ3n) is 6.44. The van der Waals surface area contributed by atoms with Crippen LogP contribution >= 0.6 is 0 Å². The second-order valence-corrected chi connectivity index (χ2v) is 9.07. The number of methoxy groups -OCH3 is 1. The summed E-state index contributed by atoms with van der Waals surface area (Å²) in [5.41, 5.74) is 2.63. The largest absolute Gasteiger partial charge is 0.474 e. The van der Waals surface area contributed by atoms with Crippen LogP contribution in [0.3, 0.4) is 0 Å². The van der Waals surface area contributed by atoms with Gasteiger partial charge in [-0.1, -0.05) is 45.0 Å². The summed E-state index contributed by atoms with van der Waals surface area (Å²) < 4.78 is 11.9. The Kier molecular flexibility index (Phi) is 5.49. The van der Waals surface area contributed by atoms with E-state index in [0.29, 0.717) is 18.1 Å². The highest BCUT2D eigenvalue weighted by atomic mass is 16.5. The van der Waals surface area contributed by atoms with Crippen molar-refractivity contribution in [3.8, 4) is 5.88 Å². The van der Waals surface area contributed by atoms with E-state index in [9.17, 15) is 5.11 Å². The first kappa shape index (κ1) is 20.1. The first-order chi connectivity index (χ1) is 13.9. The van der Waals surface area contributed by atoms with Crippen LogP contribution in [-0.2, 0) is 10.2 Å². The highest BCUT2D eigenvalue weighted by Gasteiger charge is 2.39. The quantitative estimate of drug-likeness (QED) is 0.798. The predicted molar refractivity (Wildman–Crippen MR) is 112 cm³/mol. The molecule has 6 heteroatoms. The molecule has 2 aliphatic rings. The molecular formula is C23H31N3O3. The summed E-state index contributed by atoms with van der Waals surface area (Å²) >= 11 is 0. The van der Waals surface area contributed by atoms with Crippen LogP contribution in [0.15, 0.2) is 36.7 Å². The average molecular weight is 398 g/mol. The van der Waals surface area contributed by atoms with Gasteiger partial charge in [-0.15, -0.1) is 0 Å². The van der Waals surface area contributed by atoms with E-state index in [4.69, 9.17) is 9.47 Å². The topological polar surface area (TPSA) is 76.5 Å². The number of nitrogens with one attached hydrogen (secondary N) is 1. The molecule has 4 rings (SSSR count). The fourth-order valence-electron chi connectivity index (χ4n) is 4.78. The van der Waals surface area contributed by atoms with Crippen LogP contribution in [0.25, 0.3) is 0 Å². The molecule has 1 heterocycles. The average Bonchev–Trinajstić information content (AvgIpc) is 3.01. The Morgan fingerprint density at radius 3 is 2.69 bits per heavy atom. The Labute approximate surface area is 172 Å². The molecule has 1 fully saturated rings. The Morgan fingerprint density at radius 2 is 1.97 bits per heavy atom. The Bertz CT molecular complexity index is 847. The van der Waals surface area contributed by atoms with Crippen LogP contribution in [0.2, 0.25) is 0 Å². The minimum atomic E-state index is -0.302. The van der Waals surface area contributed by atoms with Gasteiger partial charge in [0.1, 0.15) is 18.2 Å². The maximum Gasteiger partial charge on any atom is 0.218 e. The van der Waals surface area contributed by atoms with Gasteiger partial charge in [-0.3, -0.25) is 0 Å². The van der Waals surface area contributed by atoms with Crippen molar-refractivity contribution in [2.45, 2.75) is 69.8 Å². The van der Waals surface area contributed by atoms with E-state index in [0.717, 1.165) is 12.8 Å². The standard InChI is InChI=1S/C23H31N3O3/c1-14-9-15(10-18(14)27)29-21-11-20(24-13-25-21)26-22-16-7-5-6-8-17(16)23(2,3)12-19(22)28-4/h5-8,11,13-15,18-19,22,27H,9-10,12H2,1-4H3,(H,24,25,26)/t14-,15+,18-,19+,22-/m0/s1. The molecule has 2 aliphatic carbocycles. The third kappa shape index (κ3) is 4.09. The molecule has 0 aliphatic heterocycles. The number of hydrogen-bond donors (Lipinski definition) is 2. The SMILES string of the molecule is CO[C@@H]1CC(C)(C)c2ccccc2[C@@H]1Nc1cc(O[C@@H]2C[C@H](C)[C@@H](O)C2)ncn1. The minimum absolute atomic E-state index is 0.000278. The van der Waals surface area contributed by atoms with Gasteiger partial charge in [0.15, 0.2) is 0 Å². The summed E-state index contributed by atoms with van der Waals surface area (Å²) in [5, 5.41) is 13.5. The van der Waals surface area contributed by atoms with Crippen molar-refractivity contribution in [3.05, 3.63) is 47.8 Å². The lowest BCUT2D eigenvalue weighted by molar-refractivity contribution is 0.0532. The van der Waals surface area contributed by atoms with E-state index in [1.807, 2.05) is 13.0 Å². The molecule has 2 aromatic rings. The van der Waals surface area contributed by atoms with E-state index in [2.05, 4.69) is 53.4 Å². The van der Waals surface area contributed by atoms with Crippen molar-refractivity contribution in [3.63, 3.8) is 0 Å². The number of fused-ring (bicyclic) bond motifs is 1. The van der Waals surface area contributed by atoms with Gasteiger partial charge in [0.2, 0.25) is 5.88 Å². The Hall–Kier alpha value is -2.18. The first-order valence-electron chi connectivity index (χ1n) is 10.4. The molecule has 0 radical (unpaired) electrons. The van der Waals surface area contributed by atoms with Crippen LogP contribution in [0.4, 0.5) is 5.82 Å². The lowest BCUT2D eigenvalue weighted by Gasteiger charge is -2.42. The van der Waals surface area contributed by atoms with E-state index >= 15 is 0 Å². The number of benzene rings is 1. The summed E-state index contributed by atoms with van der Waals surface area (Å²) in [6.45, 7) is 6.58. The van der Waals surface area contributed by atoms with Gasteiger partial charge < -0.3 is 19.9 Å². The van der Waals surface area contributed by atoms with Crippen molar-refractivity contribution in [2.75, 3.05) is 12.4 Å². The van der Waals surface area contributed by atoms with Gasteiger partial charge in [-0.2, -0.15) is 0 Å². The van der Waals surface area contributed by atoms with Gasteiger partial charge >= 0.3 is 0 Å². The molecule has 1 saturated carbocycles. The highest BCUT2D eigenvalue weighted by Crippen LogP contribution is 2.43. The zero-order chi connectivity index (χ0) is 20.6. The smallest absolute Gasteiger partial charge is 0.218 e. The van der Waals surface area contributed by atoms with E-state index in [-0.39, 0.29) is 35.7 Å². The second kappa shape index (κ2) is 7.92. The molecule has 0 spiro atoms. The van der Waals surface area contributed by atoms with Crippen molar-refractivity contribution in [1.29, 1.82) is 0 Å². The zero-order valence-corrected chi connectivity index (χ0v) is 17.6. The number of rotatable bonds is 5. The Balaban J connectivity index is 1.55. The molecule has 1 aromatic carbocycles. The Morgan fingerprint density at radius 1 is 1.17 bits per heavy atom. The normalized spacial score (nSPS) is 30.6. The fourth-order valence-corrected chi connectivity index (χ4v) is 4.78.